The summed E-state index contributed by atoms with van der Waals surface area (Å²) in [6.07, 6.45) is -1.42. The first-order valence-corrected chi connectivity index (χ1v) is 14.3. The molecule has 10 nitrogen and oxygen atoms in total. The number of fused-ring (bicyclic) bond motifs is 1. The lowest BCUT2D eigenvalue weighted by Gasteiger charge is -2.35. The Labute approximate surface area is 252 Å². The molecule has 2 saturated heterocycles. The van der Waals surface area contributed by atoms with Gasteiger partial charge in [-0.3, -0.25) is 9.69 Å². The van der Waals surface area contributed by atoms with Crippen LogP contribution in [0.1, 0.15) is 18.4 Å². The van der Waals surface area contributed by atoms with Crippen LogP contribution in [0.25, 0.3) is 22.2 Å². The lowest BCUT2D eigenvalue weighted by Crippen LogP contribution is -2.48. The molecule has 2 aliphatic rings. The second-order valence-electron chi connectivity index (χ2n) is 10.5. The Morgan fingerprint density at radius 1 is 1.16 bits per heavy atom. The Morgan fingerprint density at radius 3 is 2.63 bits per heavy atom. The Hall–Kier alpha value is -3.68. The minimum atomic E-state index is -4.68. The van der Waals surface area contributed by atoms with Crippen LogP contribution in [0, 0.1) is 0 Å². The van der Waals surface area contributed by atoms with Gasteiger partial charge in [0.25, 0.3) is 0 Å². The summed E-state index contributed by atoms with van der Waals surface area (Å²) in [4.78, 5) is 31.4. The molecule has 14 heteroatoms. The summed E-state index contributed by atoms with van der Waals surface area (Å²) in [6, 6.07) is 5.24. The van der Waals surface area contributed by atoms with E-state index in [0.29, 0.717) is 56.1 Å². The van der Waals surface area contributed by atoms with Gasteiger partial charge in [-0.25, -0.2) is 4.98 Å². The van der Waals surface area contributed by atoms with Gasteiger partial charge in [-0.05, 0) is 49.7 Å². The summed E-state index contributed by atoms with van der Waals surface area (Å²) in [5.41, 5.74) is 4.80. The van der Waals surface area contributed by atoms with Gasteiger partial charge in [-0.1, -0.05) is 18.2 Å². The third-order valence-corrected chi connectivity index (χ3v) is 8.09. The van der Waals surface area contributed by atoms with Gasteiger partial charge in [0.05, 0.1) is 28.4 Å². The summed E-state index contributed by atoms with van der Waals surface area (Å²) in [5.74, 6) is 0.278. The predicted octanol–water partition coefficient (Wildman–Crippen LogP) is 4.27. The molecule has 2 fully saturated rings. The maximum atomic E-state index is 13.9. The number of ether oxygens (including phenoxy) is 2. The molecule has 0 bridgehead atoms. The van der Waals surface area contributed by atoms with Crippen molar-refractivity contribution in [2.45, 2.75) is 25.1 Å². The molecule has 0 radical (unpaired) electrons. The van der Waals surface area contributed by atoms with E-state index < -0.39 is 17.4 Å². The fourth-order valence-electron chi connectivity index (χ4n) is 5.53. The van der Waals surface area contributed by atoms with Gasteiger partial charge in [0, 0.05) is 56.8 Å². The van der Waals surface area contributed by atoms with Crippen LogP contribution in [0.3, 0.4) is 0 Å². The van der Waals surface area contributed by atoms with Gasteiger partial charge < -0.3 is 25.0 Å². The van der Waals surface area contributed by atoms with Gasteiger partial charge in [0.15, 0.2) is 0 Å². The SMILES string of the molecule is C=CC(=O)N1CCN(c2nc(OCC3CCCN3CCOC)nc3cc(-c4nc(N)ccc4C(F)(F)F)c(Cl)cc23)CC1. The molecular weight excluding hydrogens is 587 g/mol. The lowest BCUT2D eigenvalue weighted by molar-refractivity contribution is -0.137. The largest absolute Gasteiger partial charge is 0.462 e. The molecule has 2 aromatic heterocycles. The van der Waals surface area contributed by atoms with Gasteiger partial charge in [-0.15, -0.1) is 0 Å². The standard InChI is InChI=1S/C29H33ClF3N7O3/c1-3-25(41)39-9-11-40(12-10-39)27-20-15-22(30)19(26-21(29(31,32)33)6-7-24(34)36-26)16-23(20)35-28(37-27)43-17-18-5-4-8-38(18)13-14-42-2/h3,6-7,15-16,18H,1,4-5,8-14,17H2,2H3,(H2,34,36). The molecule has 0 saturated carbocycles. The predicted molar refractivity (Wildman–Crippen MR) is 158 cm³/mol. The number of benzene rings is 1. The highest BCUT2D eigenvalue weighted by Gasteiger charge is 2.35. The van der Waals surface area contributed by atoms with Crippen molar-refractivity contribution in [3.8, 4) is 17.3 Å². The first-order valence-electron chi connectivity index (χ1n) is 14.0. The Morgan fingerprint density at radius 2 is 1.93 bits per heavy atom. The van der Waals surface area contributed by atoms with Crippen LogP contribution in [-0.4, -0.2) is 96.3 Å². The maximum Gasteiger partial charge on any atom is 0.418 e. The van der Waals surface area contributed by atoms with E-state index in [9.17, 15) is 18.0 Å². The molecule has 2 aliphatic heterocycles. The van der Waals surface area contributed by atoms with Crippen LogP contribution in [0.4, 0.5) is 24.8 Å². The van der Waals surface area contributed by atoms with E-state index in [4.69, 9.17) is 31.8 Å². The van der Waals surface area contributed by atoms with Gasteiger partial charge in [-0.2, -0.15) is 23.1 Å². The highest BCUT2D eigenvalue weighted by Crippen LogP contribution is 2.41. The fraction of sp³-hybridized carbons (Fsp3) is 0.448. The van der Waals surface area contributed by atoms with E-state index in [1.807, 2.05) is 4.90 Å². The van der Waals surface area contributed by atoms with Crippen molar-refractivity contribution in [2.75, 3.05) is 70.2 Å². The maximum absolute atomic E-state index is 13.9. The number of halogens is 4. The number of nitrogen functional groups attached to an aromatic ring is 1. The number of piperazine rings is 1. The van der Waals surface area contributed by atoms with Crippen molar-refractivity contribution in [2.24, 2.45) is 0 Å². The van der Waals surface area contributed by atoms with E-state index in [0.717, 1.165) is 38.1 Å². The molecular formula is C29H33ClF3N7O3. The van der Waals surface area contributed by atoms with E-state index >= 15 is 0 Å². The van der Waals surface area contributed by atoms with Gasteiger partial charge >= 0.3 is 12.2 Å². The van der Waals surface area contributed by atoms with Gasteiger partial charge in [0.2, 0.25) is 5.91 Å². The Balaban J connectivity index is 1.54. The number of likely N-dealkylation sites (tertiary alicyclic amines) is 1. The summed E-state index contributed by atoms with van der Waals surface area (Å²) in [5, 5.41) is 0.569. The smallest absolute Gasteiger partial charge is 0.418 e. The molecule has 1 atom stereocenters. The Kier molecular flexibility index (Phi) is 9.23. The summed E-state index contributed by atoms with van der Waals surface area (Å²) in [7, 11) is 1.66. The number of hydrogen-bond acceptors (Lipinski definition) is 9. The number of aromatic nitrogens is 3. The molecule has 1 amide bonds. The molecule has 0 aliphatic carbocycles. The summed E-state index contributed by atoms with van der Waals surface area (Å²) >= 11 is 6.62. The highest BCUT2D eigenvalue weighted by molar-refractivity contribution is 6.34. The molecule has 1 aromatic carbocycles. The van der Waals surface area contributed by atoms with Crippen molar-refractivity contribution in [3.63, 3.8) is 0 Å². The molecule has 2 N–H and O–H groups in total. The zero-order chi connectivity index (χ0) is 30.7. The van der Waals surface area contributed by atoms with Crippen LogP contribution in [0.15, 0.2) is 36.9 Å². The fourth-order valence-corrected chi connectivity index (χ4v) is 5.79. The second-order valence-corrected chi connectivity index (χ2v) is 10.9. The number of alkyl halides is 3. The van der Waals surface area contributed by atoms with E-state index in [1.54, 1.807) is 18.1 Å². The first kappa shape index (κ1) is 30.8. The third kappa shape index (κ3) is 6.78. The molecule has 230 valence electrons. The van der Waals surface area contributed by atoms with E-state index in [-0.39, 0.29) is 34.4 Å². The minimum Gasteiger partial charge on any atom is -0.462 e. The second kappa shape index (κ2) is 12.9. The van der Waals surface area contributed by atoms with E-state index in [2.05, 4.69) is 21.4 Å². The van der Waals surface area contributed by atoms with Crippen LogP contribution >= 0.6 is 11.6 Å². The number of hydrogen-bond donors (Lipinski definition) is 1. The monoisotopic (exact) mass is 619 g/mol. The molecule has 43 heavy (non-hydrogen) atoms. The average molecular weight is 620 g/mol. The third-order valence-electron chi connectivity index (χ3n) is 7.77. The Bertz CT molecular complexity index is 1500. The van der Waals surface area contributed by atoms with Crippen LogP contribution < -0.4 is 15.4 Å². The summed E-state index contributed by atoms with van der Waals surface area (Å²) < 4.78 is 53.2. The number of carbonyl (C=O) groups is 1. The topological polar surface area (TPSA) is 110 Å². The molecule has 0 spiro atoms. The number of pyridine rings is 1. The van der Waals surface area contributed by atoms with Crippen LogP contribution in [0.2, 0.25) is 5.02 Å². The first-order chi connectivity index (χ1) is 20.6. The minimum absolute atomic E-state index is 0.0346. The highest BCUT2D eigenvalue weighted by atomic mass is 35.5. The van der Waals surface area contributed by atoms with Crippen molar-refractivity contribution in [1.29, 1.82) is 0 Å². The van der Waals surface area contributed by atoms with Crippen LogP contribution in [-0.2, 0) is 15.7 Å². The quantitative estimate of drug-likeness (QED) is 0.351. The van der Waals surface area contributed by atoms with Crippen LogP contribution in [0.5, 0.6) is 6.01 Å². The zero-order valence-corrected chi connectivity index (χ0v) is 24.5. The molecule has 1 unspecified atom stereocenters. The number of anilines is 2. The zero-order valence-electron chi connectivity index (χ0n) is 23.7. The number of amides is 1. The number of methoxy groups -OCH3 is 1. The van der Waals surface area contributed by atoms with Crippen molar-refractivity contribution in [3.05, 3.63) is 47.5 Å². The average Bonchev–Trinajstić information content (AvgIpc) is 3.44. The van der Waals surface area contributed by atoms with Crippen molar-refractivity contribution < 1.29 is 27.4 Å². The van der Waals surface area contributed by atoms with Crippen molar-refractivity contribution in [1.82, 2.24) is 24.8 Å². The number of nitrogens with zero attached hydrogens (tertiary/aromatic N) is 6. The van der Waals surface area contributed by atoms with Crippen molar-refractivity contribution >= 4 is 40.0 Å². The number of carbonyl (C=O) groups excluding carboxylic acids is 1. The lowest BCUT2D eigenvalue weighted by atomic mass is 10.0. The molecule has 5 rings (SSSR count). The number of nitrogens with two attached hydrogens (primary N) is 1. The normalized spacial score (nSPS) is 17.9. The number of rotatable bonds is 9. The van der Waals surface area contributed by atoms with Gasteiger partial charge in [0.1, 0.15) is 18.2 Å². The molecule has 3 aromatic rings. The molecule has 4 heterocycles. The summed E-state index contributed by atoms with van der Waals surface area (Å²) in [6.45, 7) is 8.03. The van der Waals surface area contributed by atoms with E-state index in [1.165, 1.54) is 12.1 Å².